The quantitative estimate of drug-likeness (QED) is 0.387. The highest BCUT2D eigenvalue weighted by Crippen LogP contribution is 2.15. The summed E-state index contributed by atoms with van der Waals surface area (Å²) >= 11 is 0. The summed E-state index contributed by atoms with van der Waals surface area (Å²) in [6, 6.07) is 5.27. The molecule has 0 saturated carbocycles. The highest BCUT2D eigenvalue weighted by molar-refractivity contribution is 6.07. The summed E-state index contributed by atoms with van der Waals surface area (Å²) in [5, 5.41) is 0. The lowest BCUT2D eigenvalue weighted by atomic mass is 10.1. The molecule has 0 unspecified atom stereocenters. The first-order valence-electron chi connectivity index (χ1n) is 8.46. The molecule has 6 nitrogen and oxygen atoms in total. The van der Waals surface area contributed by atoms with Crippen LogP contribution in [0.15, 0.2) is 59.7 Å². The van der Waals surface area contributed by atoms with Crippen LogP contribution in [0.5, 0.6) is 0 Å². The van der Waals surface area contributed by atoms with Crippen LogP contribution < -0.4 is 4.90 Å². The molecule has 0 fully saturated rings. The molecule has 1 heterocycles. The van der Waals surface area contributed by atoms with Crippen molar-refractivity contribution >= 4 is 17.7 Å². The molecule has 1 aromatic heterocycles. The third-order valence-electron chi connectivity index (χ3n) is 3.41. The van der Waals surface area contributed by atoms with Crippen LogP contribution in [0, 0.1) is 0 Å². The Bertz CT molecular complexity index is 755. The van der Waals surface area contributed by atoms with E-state index in [0.717, 1.165) is 0 Å². The molecule has 2 rings (SSSR count). The Labute approximate surface area is 153 Å². The van der Waals surface area contributed by atoms with E-state index >= 15 is 0 Å². The number of hydrogen-bond acceptors (Lipinski definition) is 5. The van der Waals surface area contributed by atoms with Crippen molar-refractivity contribution in [3.63, 3.8) is 0 Å². The van der Waals surface area contributed by atoms with Gasteiger partial charge in [0.1, 0.15) is 12.4 Å². The fourth-order valence-electron chi connectivity index (χ4n) is 2.18. The van der Waals surface area contributed by atoms with Crippen molar-refractivity contribution in [3.05, 3.63) is 59.7 Å². The Morgan fingerprint density at radius 2 is 2.08 bits per heavy atom. The highest BCUT2D eigenvalue weighted by Gasteiger charge is 2.21. The number of aromatic nitrogens is 1. The molecule has 1 amide bonds. The summed E-state index contributed by atoms with van der Waals surface area (Å²) in [7, 11) is 0. The lowest BCUT2D eigenvalue weighted by molar-refractivity contribution is -0.145. The van der Waals surface area contributed by atoms with E-state index in [4.69, 9.17) is 9.47 Å². The van der Waals surface area contributed by atoms with Gasteiger partial charge in [0.15, 0.2) is 0 Å². The number of ether oxygens (including phenoxy) is 2. The van der Waals surface area contributed by atoms with Gasteiger partial charge in [-0.2, -0.15) is 0 Å². The highest BCUT2D eigenvalue weighted by atomic mass is 16.6. The number of esters is 1. The molecular weight excluding hydrogens is 332 g/mol. The maximum Gasteiger partial charge on any atom is 0.307 e. The first kappa shape index (κ1) is 19.4. The minimum absolute atomic E-state index is 0.0622. The largest absolute Gasteiger partial charge is 0.463 e. The van der Waals surface area contributed by atoms with Gasteiger partial charge >= 0.3 is 5.97 Å². The molecule has 26 heavy (non-hydrogen) atoms. The second kappa shape index (κ2) is 10.2. The normalized spacial score (nSPS) is 12.2. The standard InChI is InChI=1S/C20H22N2O4/c1-16(2)25-14-15-26-19(23)11-13-22(18-10-6-7-12-21-18)20(24)17-8-4-3-5-9-17/h4,6-10,12,16H,11,13-15H2,1-2H3. The van der Waals surface area contributed by atoms with Gasteiger partial charge in [0.05, 0.1) is 19.1 Å². The van der Waals surface area contributed by atoms with E-state index in [1.807, 2.05) is 13.8 Å². The molecule has 6 heteroatoms. The van der Waals surface area contributed by atoms with Crippen molar-refractivity contribution in [2.24, 2.45) is 0 Å². The molecule has 0 aliphatic heterocycles. The number of hydrogen-bond donors (Lipinski definition) is 0. The van der Waals surface area contributed by atoms with Gasteiger partial charge in [0, 0.05) is 24.4 Å². The van der Waals surface area contributed by atoms with Crippen LogP contribution in [0.25, 0.3) is 0 Å². The molecule has 0 radical (unpaired) electrons. The Balaban J connectivity index is 1.96. The average molecular weight is 354 g/mol. The molecule has 0 atom stereocenters. The lowest BCUT2D eigenvalue weighted by Crippen LogP contribution is -2.34. The fourth-order valence-corrected chi connectivity index (χ4v) is 2.18. The number of carbonyl (C=O) groups is 2. The third kappa shape index (κ3) is 6.19. The van der Waals surface area contributed by atoms with Crippen LogP contribution in [0.3, 0.4) is 0 Å². The Morgan fingerprint density at radius 3 is 2.73 bits per heavy atom. The number of nitrogens with zero attached hydrogens (tertiary/aromatic N) is 2. The van der Waals surface area contributed by atoms with Crippen molar-refractivity contribution in [2.45, 2.75) is 26.4 Å². The first-order chi connectivity index (χ1) is 12.6. The molecule has 0 saturated heterocycles. The minimum Gasteiger partial charge on any atom is -0.463 e. The van der Waals surface area contributed by atoms with Crippen molar-refractivity contribution in [3.8, 4) is 0 Å². The van der Waals surface area contributed by atoms with Crippen molar-refractivity contribution < 1.29 is 19.1 Å². The molecule has 136 valence electrons. The van der Waals surface area contributed by atoms with E-state index in [1.54, 1.807) is 42.6 Å². The molecule has 1 aliphatic carbocycles. The lowest BCUT2D eigenvalue weighted by Gasteiger charge is -2.21. The Morgan fingerprint density at radius 1 is 1.23 bits per heavy atom. The second-order valence-corrected chi connectivity index (χ2v) is 5.76. The van der Waals surface area contributed by atoms with E-state index in [9.17, 15) is 9.59 Å². The number of pyridine rings is 1. The summed E-state index contributed by atoms with van der Waals surface area (Å²) in [6.07, 6.45) is 6.57. The zero-order valence-corrected chi connectivity index (χ0v) is 15.0. The van der Waals surface area contributed by atoms with Gasteiger partial charge in [-0.25, -0.2) is 4.98 Å². The molecule has 1 aliphatic rings. The van der Waals surface area contributed by atoms with Crippen molar-refractivity contribution in [2.75, 3.05) is 24.7 Å². The number of anilines is 1. The third-order valence-corrected chi connectivity index (χ3v) is 3.41. The van der Waals surface area contributed by atoms with Crippen LogP contribution in [0.2, 0.25) is 0 Å². The predicted octanol–water partition coefficient (Wildman–Crippen LogP) is 2.58. The molecule has 0 bridgehead atoms. The number of carbonyl (C=O) groups excluding carboxylic acids is 2. The minimum atomic E-state index is -0.390. The Kier molecular flexibility index (Phi) is 7.59. The summed E-state index contributed by atoms with van der Waals surface area (Å²) in [5.41, 5.74) is 5.97. The van der Waals surface area contributed by atoms with Gasteiger partial charge < -0.3 is 9.47 Å². The number of amides is 1. The van der Waals surface area contributed by atoms with Gasteiger partial charge in [-0.3, -0.25) is 14.5 Å². The van der Waals surface area contributed by atoms with Gasteiger partial charge in [-0.1, -0.05) is 17.5 Å². The molecule has 0 aromatic carbocycles. The van der Waals surface area contributed by atoms with Crippen LogP contribution >= 0.6 is 0 Å². The average Bonchev–Trinajstić information content (AvgIpc) is 2.66. The molecule has 1 aromatic rings. The Hall–Kier alpha value is -2.91. The van der Waals surface area contributed by atoms with Gasteiger partial charge in [0.2, 0.25) is 0 Å². The SMILES string of the molecule is CC(C)OCCOC(=O)CCN(C(=O)C1=CC=C=C=C1)c1ccccn1. The van der Waals surface area contributed by atoms with Crippen LogP contribution in [-0.2, 0) is 19.1 Å². The molecular formula is C20H22N2O4. The maximum absolute atomic E-state index is 12.8. The first-order valence-corrected chi connectivity index (χ1v) is 8.46. The monoisotopic (exact) mass is 354 g/mol. The van der Waals surface area contributed by atoms with Gasteiger partial charge in [-0.15, -0.1) is 0 Å². The van der Waals surface area contributed by atoms with E-state index in [0.29, 0.717) is 18.0 Å². The van der Waals surface area contributed by atoms with Crippen LogP contribution in [-0.4, -0.2) is 42.7 Å². The zero-order chi connectivity index (χ0) is 18.8. The van der Waals surface area contributed by atoms with Crippen molar-refractivity contribution in [1.82, 2.24) is 4.98 Å². The topological polar surface area (TPSA) is 68.7 Å². The molecule has 0 N–H and O–H groups in total. The summed E-state index contributed by atoms with van der Waals surface area (Å²) in [5.74, 6) is -0.176. The fraction of sp³-hybridized carbons (Fsp3) is 0.350. The van der Waals surface area contributed by atoms with E-state index in [-0.39, 0.29) is 37.6 Å². The van der Waals surface area contributed by atoms with E-state index in [1.165, 1.54) is 4.90 Å². The van der Waals surface area contributed by atoms with Crippen LogP contribution in [0.1, 0.15) is 20.3 Å². The predicted molar refractivity (Wildman–Crippen MR) is 97.5 cm³/mol. The summed E-state index contributed by atoms with van der Waals surface area (Å²) < 4.78 is 10.5. The van der Waals surface area contributed by atoms with Crippen LogP contribution in [0.4, 0.5) is 5.82 Å². The molecule has 0 spiro atoms. The second-order valence-electron chi connectivity index (χ2n) is 5.76. The van der Waals surface area contributed by atoms with Gasteiger partial charge in [-0.05, 0) is 38.1 Å². The summed E-state index contributed by atoms with van der Waals surface area (Å²) in [6.45, 7) is 4.53. The van der Waals surface area contributed by atoms with Crippen molar-refractivity contribution in [1.29, 1.82) is 0 Å². The van der Waals surface area contributed by atoms with E-state index < -0.39 is 0 Å². The van der Waals surface area contributed by atoms with Gasteiger partial charge in [0.25, 0.3) is 5.91 Å². The van der Waals surface area contributed by atoms with E-state index in [2.05, 4.69) is 16.4 Å². The smallest absolute Gasteiger partial charge is 0.307 e. The number of allylic oxidation sites excluding steroid dienone is 2. The zero-order valence-electron chi connectivity index (χ0n) is 15.0. The maximum atomic E-state index is 12.8. The summed E-state index contributed by atoms with van der Waals surface area (Å²) in [4.78, 5) is 30.4. The number of rotatable bonds is 9.